The van der Waals surface area contributed by atoms with Gasteiger partial charge in [-0.1, -0.05) is 26.0 Å². The summed E-state index contributed by atoms with van der Waals surface area (Å²) >= 11 is 0. The average Bonchev–Trinajstić information content (AvgIpc) is 2.48. The third-order valence-electron chi connectivity index (χ3n) is 3.14. The second-order valence-corrected chi connectivity index (χ2v) is 4.97. The molecule has 0 unspecified atom stereocenters. The van der Waals surface area contributed by atoms with E-state index < -0.39 is 0 Å². The molecule has 0 saturated carbocycles. The topological polar surface area (TPSA) is 46.2 Å². The number of aldehydes is 1. The van der Waals surface area contributed by atoms with Gasteiger partial charge in [0.1, 0.15) is 6.29 Å². The van der Waals surface area contributed by atoms with Gasteiger partial charge in [0.05, 0.1) is 0 Å². The van der Waals surface area contributed by atoms with Gasteiger partial charge in [0.15, 0.2) is 0 Å². The van der Waals surface area contributed by atoms with Crippen molar-refractivity contribution in [1.82, 2.24) is 0 Å². The summed E-state index contributed by atoms with van der Waals surface area (Å²) in [5, 5.41) is 2.80. The van der Waals surface area contributed by atoms with Crippen molar-refractivity contribution in [3.05, 3.63) is 65.2 Å². The van der Waals surface area contributed by atoms with Crippen molar-refractivity contribution in [3.8, 4) is 0 Å². The molecule has 3 nitrogen and oxygen atoms in total. The van der Waals surface area contributed by atoms with Crippen LogP contribution in [0.15, 0.2) is 48.5 Å². The van der Waals surface area contributed by atoms with Crippen molar-refractivity contribution in [3.63, 3.8) is 0 Å². The first-order chi connectivity index (χ1) is 9.60. The Labute approximate surface area is 118 Å². The van der Waals surface area contributed by atoms with E-state index in [0.29, 0.717) is 22.7 Å². The lowest BCUT2D eigenvalue weighted by atomic mass is 10.0. The highest BCUT2D eigenvalue weighted by Crippen LogP contribution is 2.16. The summed E-state index contributed by atoms with van der Waals surface area (Å²) in [5.74, 6) is 0.294. The van der Waals surface area contributed by atoms with Crippen LogP contribution in [0.3, 0.4) is 0 Å². The summed E-state index contributed by atoms with van der Waals surface area (Å²) in [5.41, 5.74) is 3.09. The first-order valence-corrected chi connectivity index (χ1v) is 6.56. The van der Waals surface area contributed by atoms with Gasteiger partial charge >= 0.3 is 0 Å². The molecular formula is C17H17NO2. The third kappa shape index (κ3) is 3.32. The molecular weight excluding hydrogens is 250 g/mol. The highest BCUT2D eigenvalue weighted by Gasteiger charge is 2.07. The molecule has 0 aliphatic heterocycles. The Balaban J connectivity index is 2.08. The molecule has 0 atom stereocenters. The lowest BCUT2D eigenvalue weighted by Crippen LogP contribution is -2.11. The average molecular weight is 267 g/mol. The Morgan fingerprint density at radius 2 is 1.60 bits per heavy atom. The zero-order valence-corrected chi connectivity index (χ0v) is 11.6. The van der Waals surface area contributed by atoms with Crippen LogP contribution in [-0.2, 0) is 0 Å². The predicted octanol–water partition coefficient (Wildman–Crippen LogP) is 3.87. The Hall–Kier alpha value is -2.42. The van der Waals surface area contributed by atoms with Crippen molar-refractivity contribution in [1.29, 1.82) is 0 Å². The minimum absolute atomic E-state index is 0.154. The van der Waals surface area contributed by atoms with Gasteiger partial charge in [0, 0.05) is 16.8 Å². The number of nitrogens with one attached hydrogen (secondary N) is 1. The number of carbonyl (C=O) groups excluding carboxylic acids is 2. The van der Waals surface area contributed by atoms with E-state index >= 15 is 0 Å². The molecule has 0 heterocycles. The standard InChI is InChI=1S/C17H17NO2/c1-12(2)14-5-7-15(8-6-14)17(20)18-16-9-3-13(11-19)4-10-16/h3-12H,1-2H3,(H,18,20). The van der Waals surface area contributed by atoms with Gasteiger partial charge in [0.2, 0.25) is 0 Å². The lowest BCUT2D eigenvalue weighted by Gasteiger charge is -2.08. The molecule has 102 valence electrons. The van der Waals surface area contributed by atoms with Crippen LogP contribution in [0.1, 0.15) is 46.0 Å². The van der Waals surface area contributed by atoms with Crippen LogP contribution in [0.2, 0.25) is 0 Å². The Morgan fingerprint density at radius 3 is 2.10 bits per heavy atom. The minimum Gasteiger partial charge on any atom is -0.322 e. The Bertz CT molecular complexity index is 598. The molecule has 3 heteroatoms. The first kappa shape index (κ1) is 14.0. The first-order valence-electron chi connectivity index (χ1n) is 6.56. The Kier molecular flexibility index (Phi) is 4.31. The smallest absolute Gasteiger partial charge is 0.255 e. The van der Waals surface area contributed by atoms with E-state index in [4.69, 9.17) is 0 Å². The lowest BCUT2D eigenvalue weighted by molar-refractivity contribution is 0.102. The molecule has 20 heavy (non-hydrogen) atoms. The van der Waals surface area contributed by atoms with Gasteiger partial charge in [-0.15, -0.1) is 0 Å². The SMILES string of the molecule is CC(C)c1ccc(C(=O)Nc2ccc(C=O)cc2)cc1. The molecule has 2 aromatic carbocycles. The van der Waals surface area contributed by atoms with Crippen molar-refractivity contribution < 1.29 is 9.59 Å². The molecule has 0 aliphatic carbocycles. The fourth-order valence-electron chi connectivity index (χ4n) is 1.87. The van der Waals surface area contributed by atoms with Gasteiger partial charge in [-0.25, -0.2) is 0 Å². The van der Waals surface area contributed by atoms with E-state index in [0.717, 1.165) is 6.29 Å². The molecule has 0 fully saturated rings. The fourth-order valence-corrected chi connectivity index (χ4v) is 1.87. The number of amides is 1. The van der Waals surface area contributed by atoms with Crippen LogP contribution in [0.4, 0.5) is 5.69 Å². The largest absolute Gasteiger partial charge is 0.322 e. The van der Waals surface area contributed by atoms with E-state index in [1.807, 2.05) is 24.3 Å². The normalized spacial score (nSPS) is 10.3. The number of rotatable bonds is 4. The summed E-state index contributed by atoms with van der Waals surface area (Å²) < 4.78 is 0. The minimum atomic E-state index is -0.154. The summed E-state index contributed by atoms with van der Waals surface area (Å²) in [6, 6.07) is 14.3. The molecule has 0 aliphatic rings. The molecule has 2 aromatic rings. The molecule has 0 aromatic heterocycles. The zero-order valence-electron chi connectivity index (χ0n) is 11.6. The second kappa shape index (κ2) is 6.15. The molecule has 1 amide bonds. The molecule has 2 rings (SSSR count). The maximum Gasteiger partial charge on any atom is 0.255 e. The zero-order chi connectivity index (χ0) is 14.5. The van der Waals surface area contributed by atoms with Crippen molar-refractivity contribution in [2.45, 2.75) is 19.8 Å². The monoisotopic (exact) mass is 267 g/mol. The van der Waals surface area contributed by atoms with Gasteiger partial charge in [0.25, 0.3) is 5.91 Å². The van der Waals surface area contributed by atoms with Crippen molar-refractivity contribution in [2.24, 2.45) is 0 Å². The maximum absolute atomic E-state index is 12.1. The predicted molar refractivity (Wildman–Crippen MR) is 80.3 cm³/mol. The van der Waals surface area contributed by atoms with Gasteiger partial charge in [-0.05, 0) is 47.9 Å². The van der Waals surface area contributed by atoms with E-state index in [1.54, 1.807) is 24.3 Å². The number of hydrogen-bond donors (Lipinski definition) is 1. The number of carbonyl (C=O) groups is 2. The van der Waals surface area contributed by atoms with E-state index in [1.165, 1.54) is 5.56 Å². The van der Waals surface area contributed by atoms with Crippen LogP contribution in [0, 0.1) is 0 Å². The van der Waals surface area contributed by atoms with Gasteiger partial charge in [-0.3, -0.25) is 9.59 Å². The van der Waals surface area contributed by atoms with Crippen LogP contribution in [0.25, 0.3) is 0 Å². The number of benzene rings is 2. The van der Waals surface area contributed by atoms with Crippen molar-refractivity contribution >= 4 is 17.9 Å². The van der Waals surface area contributed by atoms with Crippen LogP contribution in [0.5, 0.6) is 0 Å². The summed E-state index contributed by atoms with van der Waals surface area (Å²) in [7, 11) is 0. The fraction of sp³-hybridized carbons (Fsp3) is 0.176. The van der Waals surface area contributed by atoms with Crippen LogP contribution in [-0.4, -0.2) is 12.2 Å². The molecule has 0 saturated heterocycles. The summed E-state index contributed by atoms with van der Waals surface area (Å²) in [4.78, 5) is 22.6. The second-order valence-electron chi connectivity index (χ2n) is 4.97. The van der Waals surface area contributed by atoms with Gasteiger partial charge < -0.3 is 5.32 Å². The van der Waals surface area contributed by atoms with E-state index in [-0.39, 0.29) is 5.91 Å². The Morgan fingerprint density at radius 1 is 1.00 bits per heavy atom. The van der Waals surface area contributed by atoms with Crippen LogP contribution >= 0.6 is 0 Å². The number of anilines is 1. The quantitative estimate of drug-likeness (QED) is 0.855. The molecule has 0 radical (unpaired) electrons. The summed E-state index contributed by atoms with van der Waals surface area (Å²) in [6.07, 6.45) is 0.774. The molecule has 0 spiro atoms. The third-order valence-corrected chi connectivity index (χ3v) is 3.14. The van der Waals surface area contributed by atoms with Crippen molar-refractivity contribution in [2.75, 3.05) is 5.32 Å². The van der Waals surface area contributed by atoms with Crippen LogP contribution < -0.4 is 5.32 Å². The van der Waals surface area contributed by atoms with E-state index in [9.17, 15) is 9.59 Å². The number of hydrogen-bond acceptors (Lipinski definition) is 2. The molecule has 1 N–H and O–H groups in total. The highest BCUT2D eigenvalue weighted by molar-refractivity contribution is 6.04. The van der Waals surface area contributed by atoms with E-state index in [2.05, 4.69) is 19.2 Å². The maximum atomic E-state index is 12.1. The molecule has 0 bridgehead atoms. The summed E-state index contributed by atoms with van der Waals surface area (Å²) in [6.45, 7) is 4.23. The van der Waals surface area contributed by atoms with Gasteiger partial charge in [-0.2, -0.15) is 0 Å². The highest BCUT2D eigenvalue weighted by atomic mass is 16.1.